The van der Waals surface area contributed by atoms with Crippen LogP contribution in [0.2, 0.25) is 0 Å². The lowest BCUT2D eigenvalue weighted by atomic mass is 9.96. The molecule has 1 N–H and O–H groups in total. The van der Waals surface area contributed by atoms with E-state index in [1.54, 1.807) is 0 Å². The predicted molar refractivity (Wildman–Crippen MR) is 90.7 cm³/mol. The van der Waals surface area contributed by atoms with Gasteiger partial charge in [0.2, 0.25) is 0 Å². The Morgan fingerprint density at radius 1 is 0.850 bits per heavy atom. The number of halogens is 1. The van der Waals surface area contributed by atoms with Gasteiger partial charge in [-0.15, -0.1) is 12.4 Å². The summed E-state index contributed by atoms with van der Waals surface area (Å²) in [6.07, 6.45) is 0. The Bertz CT molecular complexity index is 665. The molecule has 1 nitrogen and oxygen atoms in total. The Hall–Kier alpha value is -1.57. The quantitative estimate of drug-likeness (QED) is 0.674. The SMILES string of the molecule is CC(C)NCc1c2ccccc2cc2ccccc12.Cl. The van der Waals surface area contributed by atoms with Crippen molar-refractivity contribution in [1.82, 2.24) is 5.32 Å². The lowest BCUT2D eigenvalue weighted by Gasteiger charge is -2.14. The van der Waals surface area contributed by atoms with Gasteiger partial charge in [-0.1, -0.05) is 62.4 Å². The lowest BCUT2D eigenvalue weighted by Crippen LogP contribution is -2.22. The van der Waals surface area contributed by atoms with Gasteiger partial charge in [-0.25, -0.2) is 0 Å². The first-order valence-corrected chi connectivity index (χ1v) is 6.88. The predicted octanol–water partition coefficient (Wildman–Crippen LogP) is 4.91. The highest BCUT2D eigenvalue weighted by atomic mass is 35.5. The van der Waals surface area contributed by atoms with Crippen LogP contribution in [0, 0.1) is 0 Å². The fourth-order valence-electron chi connectivity index (χ4n) is 2.60. The minimum Gasteiger partial charge on any atom is -0.310 e. The first-order valence-electron chi connectivity index (χ1n) is 6.88. The maximum absolute atomic E-state index is 3.55. The summed E-state index contributed by atoms with van der Waals surface area (Å²) in [5.74, 6) is 0. The highest BCUT2D eigenvalue weighted by Crippen LogP contribution is 2.28. The van der Waals surface area contributed by atoms with Crippen LogP contribution in [0.1, 0.15) is 19.4 Å². The molecular weight excluding hydrogens is 266 g/mol. The summed E-state index contributed by atoms with van der Waals surface area (Å²) in [4.78, 5) is 0. The summed E-state index contributed by atoms with van der Waals surface area (Å²) >= 11 is 0. The van der Waals surface area contributed by atoms with Crippen molar-refractivity contribution in [3.8, 4) is 0 Å². The van der Waals surface area contributed by atoms with Crippen molar-refractivity contribution < 1.29 is 0 Å². The molecule has 0 saturated heterocycles. The zero-order valence-electron chi connectivity index (χ0n) is 11.9. The second-order valence-electron chi connectivity index (χ2n) is 5.33. The standard InChI is InChI=1S/C18H19N.ClH/c1-13(2)19-12-18-16-9-5-3-7-14(16)11-15-8-4-6-10-17(15)18;/h3-11,13,19H,12H2,1-2H3;1H. The topological polar surface area (TPSA) is 12.0 Å². The van der Waals surface area contributed by atoms with Crippen molar-refractivity contribution in [2.45, 2.75) is 26.4 Å². The van der Waals surface area contributed by atoms with Crippen LogP contribution in [-0.2, 0) is 6.54 Å². The highest BCUT2D eigenvalue weighted by Gasteiger charge is 2.07. The Labute approximate surface area is 126 Å². The first kappa shape index (κ1) is 14.8. The summed E-state index contributed by atoms with van der Waals surface area (Å²) in [6, 6.07) is 20.1. The van der Waals surface area contributed by atoms with E-state index in [4.69, 9.17) is 0 Å². The molecule has 0 spiro atoms. The molecule has 0 heterocycles. The number of hydrogen-bond acceptors (Lipinski definition) is 1. The monoisotopic (exact) mass is 285 g/mol. The minimum atomic E-state index is 0. The van der Waals surface area contributed by atoms with Crippen LogP contribution in [0.25, 0.3) is 21.5 Å². The second kappa shape index (κ2) is 6.25. The van der Waals surface area contributed by atoms with Gasteiger partial charge in [0.1, 0.15) is 0 Å². The van der Waals surface area contributed by atoms with E-state index in [-0.39, 0.29) is 12.4 Å². The van der Waals surface area contributed by atoms with E-state index in [0.717, 1.165) is 6.54 Å². The smallest absolute Gasteiger partial charge is 0.0220 e. The van der Waals surface area contributed by atoms with E-state index in [1.165, 1.54) is 27.1 Å². The maximum Gasteiger partial charge on any atom is 0.0220 e. The Balaban J connectivity index is 0.00000147. The van der Waals surface area contributed by atoms with E-state index in [2.05, 4.69) is 73.8 Å². The lowest BCUT2D eigenvalue weighted by molar-refractivity contribution is 0.592. The number of benzene rings is 3. The molecule has 0 unspecified atom stereocenters. The van der Waals surface area contributed by atoms with Crippen molar-refractivity contribution in [2.75, 3.05) is 0 Å². The molecule has 0 fully saturated rings. The molecule has 0 aliphatic heterocycles. The molecule has 3 rings (SSSR count). The van der Waals surface area contributed by atoms with Gasteiger partial charge in [-0.2, -0.15) is 0 Å². The van der Waals surface area contributed by atoms with Gasteiger partial charge in [0.15, 0.2) is 0 Å². The molecule has 0 radical (unpaired) electrons. The molecule has 0 amide bonds. The number of fused-ring (bicyclic) bond motifs is 2. The van der Waals surface area contributed by atoms with Crippen molar-refractivity contribution in [3.63, 3.8) is 0 Å². The second-order valence-corrected chi connectivity index (χ2v) is 5.33. The maximum atomic E-state index is 3.55. The third kappa shape index (κ3) is 2.79. The van der Waals surface area contributed by atoms with Crippen molar-refractivity contribution in [2.24, 2.45) is 0 Å². The molecule has 0 bridgehead atoms. The van der Waals surface area contributed by atoms with Crippen LogP contribution < -0.4 is 5.32 Å². The first-order chi connectivity index (χ1) is 9.25. The zero-order valence-corrected chi connectivity index (χ0v) is 12.7. The summed E-state index contributed by atoms with van der Waals surface area (Å²) in [5.41, 5.74) is 1.41. The molecule has 0 aliphatic rings. The van der Waals surface area contributed by atoms with Gasteiger partial charge in [-0.05, 0) is 33.2 Å². The molecule has 0 aromatic heterocycles. The number of rotatable bonds is 3. The third-order valence-corrected chi connectivity index (χ3v) is 3.57. The molecular formula is C18H20ClN. The third-order valence-electron chi connectivity index (χ3n) is 3.57. The average Bonchev–Trinajstić information content (AvgIpc) is 2.43. The van der Waals surface area contributed by atoms with Crippen molar-refractivity contribution >= 4 is 34.0 Å². The van der Waals surface area contributed by atoms with Gasteiger partial charge in [-0.3, -0.25) is 0 Å². The molecule has 20 heavy (non-hydrogen) atoms. The Kier molecular flexibility index (Phi) is 4.64. The zero-order chi connectivity index (χ0) is 13.2. The minimum absolute atomic E-state index is 0. The summed E-state index contributed by atoms with van der Waals surface area (Å²) < 4.78 is 0. The van der Waals surface area contributed by atoms with E-state index in [1.807, 2.05) is 0 Å². The van der Waals surface area contributed by atoms with E-state index in [0.29, 0.717) is 6.04 Å². The molecule has 0 aliphatic carbocycles. The Morgan fingerprint density at radius 2 is 1.35 bits per heavy atom. The number of hydrogen-bond donors (Lipinski definition) is 1. The fourth-order valence-corrected chi connectivity index (χ4v) is 2.60. The fraction of sp³-hybridized carbons (Fsp3) is 0.222. The van der Waals surface area contributed by atoms with E-state index < -0.39 is 0 Å². The van der Waals surface area contributed by atoms with Gasteiger partial charge < -0.3 is 5.32 Å². The molecule has 3 aromatic rings. The normalized spacial score (nSPS) is 10.9. The molecule has 3 aromatic carbocycles. The highest BCUT2D eigenvalue weighted by molar-refractivity contribution is 6.02. The van der Waals surface area contributed by atoms with Gasteiger partial charge in [0.25, 0.3) is 0 Å². The molecule has 2 heteroatoms. The van der Waals surface area contributed by atoms with Crippen LogP contribution in [0.3, 0.4) is 0 Å². The number of nitrogens with one attached hydrogen (secondary N) is 1. The van der Waals surface area contributed by atoms with Crippen LogP contribution in [0.15, 0.2) is 54.6 Å². The van der Waals surface area contributed by atoms with E-state index >= 15 is 0 Å². The molecule has 0 atom stereocenters. The van der Waals surface area contributed by atoms with Crippen LogP contribution in [0.4, 0.5) is 0 Å². The average molecular weight is 286 g/mol. The van der Waals surface area contributed by atoms with Crippen LogP contribution in [0.5, 0.6) is 0 Å². The van der Waals surface area contributed by atoms with Crippen LogP contribution in [-0.4, -0.2) is 6.04 Å². The van der Waals surface area contributed by atoms with Crippen molar-refractivity contribution in [1.29, 1.82) is 0 Å². The van der Waals surface area contributed by atoms with Crippen molar-refractivity contribution in [3.05, 3.63) is 60.2 Å². The summed E-state index contributed by atoms with van der Waals surface area (Å²) in [6.45, 7) is 5.29. The van der Waals surface area contributed by atoms with Crippen LogP contribution >= 0.6 is 12.4 Å². The van der Waals surface area contributed by atoms with E-state index in [9.17, 15) is 0 Å². The summed E-state index contributed by atoms with van der Waals surface area (Å²) in [7, 11) is 0. The molecule has 0 saturated carbocycles. The van der Waals surface area contributed by atoms with Gasteiger partial charge in [0, 0.05) is 12.6 Å². The van der Waals surface area contributed by atoms with Gasteiger partial charge in [0.05, 0.1) is 0 Å². The molecule has 104 valence electrons. The Morgan fingerprint density at radius 3 is 1.85 bits per heavy atom. The van der Waals surface area contributed by atoms with Gasteiger partial charge >= 0.3 is 0 Å². The summed E-state index contributed by atoms with van der Waals surface area (Å²) in [5, 5.41) is 8.90. The largest absolute Gasteiger partial charge is 0.310 e.